The molecule has 0 radical (unpaired) electrons. The number of nitrogens with one attached hydrogen (secondary N) is 1. The normalized spacial score (nSPS) is 16.2. The summed E-state index contributed by atoms with van der Waals surface area (Å²) in [6, 6.07) is 12.9. The number of nitro groups is 1. The van der Waals surface area contributed by atoms with Crippen molar-refractivity contribution in [2.75, 3.05) is 23.4 Å². The second-order valence-electron chi connectivity index (χ2n) is 7.40. The molecule has 1 heterocycles. The molecule has 1 atom stereocenters. The van der Waals surface area contributed by atoms with E-state index in [0.717, 1.165) is 5.75 Å². The molecule has 1 fully saturated rings. The topological polar surface area (TPSA) is 102 Å². The summed E-state index contributed by atoms with van der Waals surface area (Å²) in [7, 11) is 0. The van der Waals surface area contributed by atoms with Gasteiger partial charge in [0.1, 0.15) is 5.75 Å². The van der Waals surface area contributed by atoms with E-state index in [-0.39, 0.29) is 30.5 Å². The number of carbonyl (C=O) groups excluding carboxylic acids is 2. The van der Waals surface area contributed by atoms with Crippen LogP contribution in [0.1, 0.15) is 20.3 Å². The Morgan fingerprint density at radius 2 is 2.00 bits per heavy atom. The minimum Gasteiger partial charge on any atom is -0.493 e. The fraction of sp³-hybridized carbons (Fsp3) is 0.333. The Bertz CT molecular complexity index is 911. The molecule has 2 amide bonds. The van der Waals surface area contributed by atoms with Crippen molar-refractivity contribution >= 4 is 28.9 Å². The lowest BCUT2D eigenvalue weighted by Crippen LogP contribution is -2.28. The van der Waals surface area contributed by atoms with Crippen molar-refractivity contribution in [1.29, 1.82) is 0 Å². The fourth-order valence-corrected chi connectivity index (χ4v) is 3.06. The van der Waals surface area contributed by atoms with Crippen molar-refractivity contribution in [3.05, 3.63) is 58.6 Å². The van der Waals surface area contributed by atoms with E-state index in [1.165, 1.54) is 18.2 Å². The first-order chi connectivity index (χ1) is 13.8. The monoisotopic (exact) mass is 397 g/mol. The molecule has 0 saturated carbocycles. The Kier molecular flexibility index (Phi) is 6.11. The third-order valence-corrected chi connectivity index (χ3v) is 4.55. The number of anilines is 2. The van der Waals surface area contributed by atoms with Crippen molar-refractivity contribution in [3.63, 3.8) is 0 Å². The smallest absolute Gasteiger partial charge is 0.271 e. The van der Waals surface area contributed by atoms with Crippen LogP contribution in [0.15, 0.2) is 48.5 Å². The molecule has 152 valence electrons. The molecular formula is C21H23N3O5. The molecule has 1 N–H and O–H groups in total. The van der Waals surface area contributed by atoms with Gasteiger partial charge in [0.2, 0.25) is 11.8 Å². The van der Waals surface area contributed by atoms with Gasteiger partial charge in [0.15, 0.2) is 0 Å². The van der Waals surface area contributed by atoms with Crippen LogP contribution in [0.4, 0.5) is 17.1 Å². The van der Waals surface area contributed by atoms with Crippen molar-refractivity contribution in [3.8, 4) is 5.75 Å². The first-order valence-corrected chi connectivity index (χ1v) is 9.42. The largest absolute Gasteiger partial charge is 0.493 e. The molecular weight excluding hydrogens is 374 g/mol. The first-order valence-electron chi connectivity index (χ1n) is 9.42. The van der Waals surface area contributed by atoms with Crippen molar-refractivity contribution in [1.82, 2.24) is 0 Å². The van der Waals surface area contributed by atoms with E-state index in [1.807, 2.05) is 12.1 Å². The zero-order valence-corrected chi connectivity index (χ0v) is 16.3. The highest BCUT2D eigenvalue weighted by Gasteiger charge is 2.35. The van der Waals surface area contributed by atoms with E-state index in [1.54, 1.807) is 23.1 Å². The summed E-state index contributed by atoms with van der Waals surface area (Å²) in [5.74, 6) is 0.145. The van der Waals surface area contributed by atoms with Gasteiger partial charge in [0.05, 0.1) is 17.4 Å². The summed E-state index contributed by atoms with van der Waals surface area (Å²) in [5.41, 5.74) is 0.936. The number of hydrogen-bond acceptors (Lipinski definition) is 5. The zero-order chi connectivity index (χ0) is 21.0. The number of carbonyl (C=O) groups is 2. The minimum absolute atomic E-state index is 0.0896. The Morgan fingerprint density at radius 3 is 2.66 bits per heavy atom. The Balaban J connectivity index is 1.63. The molecule has 0 bridgehead atoms. The zero-order valence-electron chi connectivity index (χ0n) is 16.3. The number of ether oxygens (including phenoxy) is 1. The summed E-state index contributed by atoms with van der Waals surface area (Å²) < 4.78 is 5.65. The maximum absolute atomic E-state index is 12.5. The van der Waals surface area contributed by atoms with Gasteiger partial charge in [-0.05, 0) is 36.2 Å². The standard InChI is InChI=1S/C21H23N3O5/c1-14(2)13-29-19-8-6-17(7-9-19)23-12-15(10-20(23)25)21(26)22-16-4-3-5-18(11-16)24(27)28/h3-9,11,14-15H,10,12-13H2,1-2H3,(H,22,26). The molecule has 0 aromatic heterocycles. The summed E-state index contributed by atoms with van der Waals surface area (Å²) in [5, 5.41) is 13.5. The summed E-state index contributed by atoms with van der Waals surface area (Å²) in [6.45, 7) is 5.00. The van der Waals surface area contributed by atoms with E-state index in [9.17, 15) is 19.7 Å². The highest BCUT2D eigenvalue weighted by Crippen LogP contribution is 2.28. The van der Waals surface area contributed by atoms with E-state index < -0.39 is 10.8 Å². The lowest BCUT2D eigenvalue weighted by molar-refractivity contribution is -0.384. The van der Waals surface area contributed by atoms with Crippen LogP contribution in [0, 0.1) is 22.0 Å². The minimum atomic E-state index is -0.529. The maximum atomic E-state index is 12.5. The highest BCUT2D eigenvalue weighted by atomic mass is 16.6. The number of nitro benzene ring substituents is 1. The average molecular weight is 397 g/mol. The molecule has 3 rings (SSSR count). The van der Waals surface area contributed by atoms with Gasteiger partial charge < -0.3 is 15.0 Å². The van der Waals surface area contributed by atoms with Crippen LogP contribution < -0.4 is 15.0 Å². The van der Waals surface area contributed by atoms with Gasteiger partial charge in [-0.25, -0.2) is 0 Å². The van der Waals surface area contributed by atoms with Crippen LogP contribution >= 0.6 is 0 Å². The number of benzene rings is 2. The number of non-ortho nitro benzene ring substituents is 1. The molecule has 2 aromatic carbocycles. The van der Waals surface area contributed by atoms with E-state index in [2.05, 4.69) is 19.2 Å². The molecule has 8 nitrogen and oxygen atoms in total. The second-order valence-corrected chi connectivity index (χ2v) is 7.40. The van der Waals surface area contributed by atoms with Gasteiger partial charge >= 0.3 is 0 Å². The summed E-state index contributed by atoms with van der Waals surface area (Å²) in [4.78, 5) is 36.9. The first kappa shape index (κ1) is 20.3. The molecule has 0 spiro atoms. The van der Waals surface area contributed by atoms with Crippen LogP contribution in [0.5, 0.6) is 5.75 Å². The predicted octanol–water partition coefficient (Wildman–Crippen LogP) is 3.62. The van der Waals surface area contributed by atoms with Crippen LogP contribution in [0.2, 0.25) is 0 Å². The number of nitrogens with zero attached hydrogens (tertiary/aromatic N) is 2. The third-order valence-electron chi connectivity index (χ3n) is 4.55. The van der Waals surface area contributed by atoms with Gasteiger partial charge in [0.25, 0.3) is 5.69 Å². The summed E-state index contributed by atoms with van der Waals surface area (Å²) in [6.07, 6.45) is 0.0896. The lowest BCUT2D eigenvalue weighted by atomic mass is 10.1. The number of amides is 2. The Hall–Kier alpha value is -3.42. The maximum Gasteiger partial charge on any atom is 0.271 e. The van der Waals surface area contributed by atoms with Gasteiger partial charge in [-0.3, -0.25) is 19.7 Å². The summed E-state index contributed by atoms with van der Waals surface area (Å²) >= 11 is 0. The van der Waals surface area contributed by atoms with Crippen molar-refractivity contribution in [2.24, 2.45) is 11.8 Å². The molecule has 8 heteroatoms. The van der Waals surface area contributed by atoms with E-state index in [0.29, 0.717) is 23.9 Å². The fourth-order valence-electron chi connectivity index (χ4n) is 3.06. The highest BCUT2D eigenvalue weighted by molar-refractivity contribution is 6.03. The molecule has 1 saturated heterocycles. The number of rotatable bonds is 7. The van der Waals surface area contributed by atoms with Gasteiger partial charge in [-0.15, -0.1) is 0 Å². The van der Waals surface area contributed by atoms with Gasteiger partial charge in [-0.2, -0.15) is 0 Å². The second kappa shape index (κ2) is 8.72. The van der Waals surface area contributed by atoms with Crippen molar-refractivity contribution < 1.29 is 19.2 Å². The Morgan fingerprint density at radius 1 is 1.28 bits per heavy atom. The molecule has 29 heavy (non-hydrogen) atoms. The predicted molar refractivity (Wildman–Crippen MR) is 109 cm³/mol. The average Bonchev–Trinajstić information content (AvgIpc) is 3.09. The SMILES string of the molecule is CC(C)COc1ccc(N2CC(C(=O)Nc3cccc([N+](=O)[O-])c3)CC2=O)cc1. The van der Waals surface area contributed by atoms with Crippen LogP contribution in [0.25, 0.3) is 0 Å². The van der Waals surface area contributed by atoms with Crippen LogP contribution in [0.3, 0.4) is 0 Å². The van der Waals surface area contributed by atoms with Gasteiger partial charge in [0, 0.05) is 36.5 Å². The quantitative estimate of drug-likeness (QED) is 0.568. The molecule has 1 aliphatic rings. The lowest BCUT2D eigenvalue weighted by Gasteiger charge is -2.17. The molecule has 1 unspecified atom stereocenters. The molecule has 1 aliphatic heterocycles. The van der Waals surface area contributed by atoms with Crippen LogP contribution in [-0.4, -0.2) is 29.9 Å². The van der Waals surface area contributed by atoms with E-state index in [4.69, 9.17) is 4.74 Å². The van der Waals surface area contributed by atoms with E-state index >= 15 is 0 Å². The third kappa shape index (κ3) is 5.10. The van der Waals surface area contributed by atoms with Gasteiger partial charge in [-0.1, -0.05) is 19.9 Å². The molecule has 0 aliphatic carbocycles. The van der Waals surface area contributed by atoms with Crippen LogP contribution in [-0.2, 0) is 9.59 Å². The van der Waals surface area contributed by atoms with Crippen molar-refractivity contribution in [2.45, 2.75) is 20.3 Å². The Labute approximate surface area is 168 Å². The number of hydrogen-bond donors (Lipinski definition) is 1. The molecule has 2 aromatic rings.